The van der Waals surface area contributed by atoms with Gasteiger partial charge >= 0.3 is 0 Å². The lowest BCUT2D eigenvalue weighted by molar-refractivity contribution is -0.115. The van der Waals surface area contributed by atoms with Crippen molar-refractivity contribution in [3.8, 4) is 0 Å². The molecule has 3 heterocycles. The Kier molecular flexibility index (Phi) is 7.09. The normalized spacial score (nSPS) is 14.8. The monoisotopic (exact) mass is 459 g/mol. The molecular weight excluding hydrogens is 438 g/mol. The summed E-state index contributed by atoms with van der Waals surface area (Å²) in [6.45, 7) is 0.770. The first-order valence-corrected chi connectivity index (χ1v) is 12.1. The van der Waals surface area contributed by atoms with E-state index < -0.39 is 0 Å². The zero-order valence-electron chi connectivity index (χ0n) is 16.2. The number of pyridine rings is 1. The van der Waals surface area contributed by atoms with E-state index in [2.05, 4.69) is 31.4 Å². The number of anilines is 3. The maximum Gasteiger partial charge on any atom is 0.230 e. The van der Waals surface area contributed by atoms with E-state index >= 15 is 0 Å². The minimum absolute atomic E-state index is 0.0746. The first-order chi connectivity index (χ1) is 14.7. The minimum atomic E-state index is -0.0746. The number of carbonyl (C=O) groups excluding carboxylic acids is 1. The van der Waals surface area contributed by atoms with Gasteiger partial charge in [0.1, 0.15) is 5.82 Å². The molecule has 156 valence electrons. The van der Waals surface area contributed by atoms with Crippen molar-refractivity contribution in [2.45, 2.75) is 18.8 Å². The quantitative estimate of drug-likeness (QED) is 0.238. The largest absolute Gasteiger partial charge is 0.369 e. The van der Waals surface area contributed by atoms with E-state index in [0.717, 1.165) is 47.0 Å². The number of hydrogen-bond donors (Lipinski definition) is 3. The molecule has 0 saturated carbocycles. The van der Waals surface area contributed by atoms with Crippen LogP contribution in [0.2, 0.25) is 0 Å². The Hall–Kier alpha value is -2.29. The second-order valence-corrected chi connectivity index (χ2v) is 9.01. The fourth-order valence-electron chi connectivity index (χ4n) is 3.28. The third-order valence-electron chi connectivity index (χ3n) is 4.68. The fourth-order valence-corrected chi connectivity index (χ4v) is 5.03. The van der Waals surface area contributed by atoms with Crippen LogP contribution in [0.1, 0.15) is 29.2 Å². The van der Waals surface area contributed by atoms with Gasteiger partial charge in [0.05, 0.1) is 12.1 Å². The molecule has 1 amide bonds. The second-order valence-electron chi connectivity index (χ2n) is 6.87. The molecule has 0 saturated heterocycles. The number of benzene rings is 1. The van der Waals surface area contributed by atoms with Crippen LogP contribution in [-0.4, -0.2) is 34.1 Å². The number of nitrogens with zero attached hydrogens (tertiary/aromatic N) is 2. The topological polar surface area (TPSA) is 78.9 Å². The van der Waals surface area contributed by atoms with E-state index in [4.69, 9.17) is 11.6 Å². The van der Waals surface area contributed by atoms with Crippen LogP contribution in [-0.2, 0) is 11.2 Å². The van der Waals surface area contributed by atoms with Crippen LogP contribution in [0.5, 0.6) is 0 Å². The number of aromatic nitrogens is 2. The summed E-state index contributed by atoms with van der Waals surface area (Å²) in [5.41, 5.74) is 4.04. The molecule has 3 N–H and O–H groups in total. The number of amides is 1. The molecule has 1 unspecified atom stereocenters. The van der Waals surface area contributed by atoms with Gasteiger partial charge in [0.15, 0.2) is 5.13 Å². The van der Waals surface area contributed by atoms with Crippen molar-refractivity contribution < 1.29 is 4.79 Å². The predicted octanol–water partition coefficient (Wildman–Crippen LogP) is 4.97. The summed E-state index contributed by atoms with van der Waals surface area (Å²) in [7, 11) is 0. The molecule has 0 fully saturated rings. The van der Waals surface area contributed by atoms with Crippen LogP contribution in [0, 0.1) is 0 Å². The van der Waals surface area contributed by atoms with E-state index in [9.17, 15) is 4.79 Å². The molecule has 0 bridgehead atoms. The molecular formula is C21H22ClN5OS2. The van der Waals surface area contributed by atoms with Gasteiger partial charge in [0.25, 0.3) is 0 Å². The van der Waals surface area contributed by atoms with Gasteiger partial charge < -0.3 is 15.4 Å². The standard InChI is InChI=1S/C21H22ClN5OS2/c22-7-3-9-30-27-15-5-1-4-14(10-15)11-19(28)26-21-25-18(13-29-21)17-12-24-20-16(17)6-2-8-23-20/h1-2,4-6,8,10,13,17,27H,3,7,9,11-12H2,(H,23,24)(H,25,26,28). The van der Waals surface area contributed by atoms with E-state index in [1.807, 2.05) is 35.7 Å². The Bertz CT molecular complexity index is 1010. The van der Waals surface area contributed by atoms with Crippen LogP contribution in [0.25, 0.3) is 0 Å². The number of nitrogens with one attached hydrogen (secondary N) is 3. The molecule has 0 radical (unpaired) electrons. The molecule has 1 aliphatic rings. The van der Waals surface area contributed by atoms with Crippen molar-refractivity contribution in [1.29, 1.82) is 0 Å². The van der Waals surface area contributed by atoms with Crippen molar-refractivity contribution in [2.75, 3.05) is 33.5 Å². The zero-order chi connectivity index (χ0) is 20.8. The number of rotatable bonds is 9. The first-order valence-electron chi connectivity index (χ1n) is 9.69. The maximum absolute atomic E-state index is 12.5. The van der Waals surface area contributed by atoms with Gasteiger partial charge in [-0.2, -0.15) is 0 Å². The van der Waals surface area contributed by atoms with Crippen molar-refractivity contribution in [3.05, 3.63) is 64.8 Å². The average molecular weight is 460 g/mol. The number of fused-ring (bicyclic) bond motifs is 1. The number of alkyl halides is 1. The maximum atomic E-state index is 12.5. The van der Waals surface area contributed by atoms with Crippen LogP contribution < -0.4 is 15.4 Å². The van der Waals surface area contributed by atoms with Gasteiger partial charge in [-0.15, -0.1) is 22.9 Å². The lowest BCUT2D eigenvalue weighted by atomic mass is 10.0. The summed E-state index contributed by atoms with van der Waals surface area (Å²) in [6, 6.07) is 11.9. The van der Waals surface area contributed by atoms with Gasteiger partial charge in [-0.25, -0.2) is 9.97 Å². The van der Waals surface area contributed by atoms with E-state index in [1.54, 1.807) is 18.1 Å². The van der Waals surface area contributed by atoms with Crippen molar-refractivity contribution in [2.24, 2.45) is 0 Å². The SMILES string of the molecule is O=C(Cc1cccc(NSCCCCl)c1)Nc1nc(C2CNc3ncccc32)cs1. The Balaban J connectivity index is 1.33. The van der Waals surface area contributed by atoms with Crippen molar-refractivity contribution in [3.63, 3.8) is 0 Å². The smallest absolute Gasteiger partial charge is 0.230 e. The summed E-state index contributed by atoms with van der Waals surface area (Å²) in [5.74, 6) is 2.60. The third-order valence-corrected chi connectivity index (χ3v) is 6.59. The number of halogens is 1. The average Bonchev–Trinajstić information content (AvgIpc) is 3.38. The molecule has 0 aliphatic carbocycles. The highest BCUT2D eigenvalue weighted by Crippen LogP contribution is 2.35. The van der Waals surface area contributed by atoms with Crippen molar-refractivity contribution in [1.82, 2.24) is 9.97 Å². The lowest BCUT2D eigenvalue weighted by Crippen LogP contribution is -2.14. The molecule has 1 aliphatic heterocycles. The Morgan fingerprint density at radius 2 is 2.27 bits per heavy atom. The van der Waals surface area contributed by atoms with Crippen LogP contribution in [0.15, 0.2) is 48.0 Å². The zero-order valence-corrected chi connectivity index (χ0v) is 18.6. The van der Waals surface area contributed by atoms with Gasteiger partial charge in [0, 0.05) is 46.9 Å². The van der Waals surface area contributed by atoms with Gasteiger partial charge in [0.2, 0.25) is 5.91 Å². The third kappa shape index (κ3) is 5.24. The van der Waals surface area contributed by atoms with Crippen LogP contribution in [0.4, 0.5) is 16.6 Å². The number of hydrogen-bond acceptors (Lipinski definition) is 7. The lowest BCUT2D eigenvalue weighted by Gasteiger charge is -2.08. The van der Waals surface area contributed by atoms with Crippen molar-refractivity contribution >= 4 is 57.4 Å². The molecule has 2 aromatic heterocycles. The van der Waals surface area contributed by atoms with Crippen LogP contribution >= 0.6 is 34.9 Å². The first kappa shape index (κ1) is 21.0. The van der Waals surface area contributed by atoms with Crippen LogP contribution in [0.3, 0.4) is 0 Å². The van der Waals surface area contributed by atoms with E-state index in [1.165, 1.54) is 11.3 Å². The number of thiazole rings is 1. The summed E-state index contributed by atoms with van der Waals surface area (Å²) in [4.78, 5) is 21.5. The summed E-state index contributed by atoms with van der Waals surface area (Å²) in [6.07, 6.45) is 3.04. The molecule has 1 aromatic carbocycles. The molecule has 4 rings (SSSR count). The molecule has 30 heavy (non-hydrogen) atoms. The molecule has 6 nitrogen and oxygen atoms in total. The Morgan fingerprint density at radius 3 is 3.17 bits per heavy atom. The van der Waals surface area contributed by atoms with Gasteiger partial charge in [-0.3, -0.25) is 4.79 Å². The highest BCUT2D eigenvalue weighted by molar-refractivity contribution is 8.00. The summed E-state index contributed by atoms with van der Waals surface area (Å²) >= 11 is 8.77. The Labute approximate surface area is 189 Å². The summed E-state index contributed by atoms with van der Waals surface area (Å²) in [5, 5.41) is 8.87. The predicted molar refractivity (Wildman–Crippen MR) is 127 cm³/mol. The fraction of sp³-hybridized carbons (Fsp3) is 0.286. The molecule has 9 heteroatoms. The van der Waals surface area contributed by atoms with E-state index in [0.29, 0.717) is 17.4 Å². The minimum Gasteiger partial charge on any atom is -0.369 e. The Morgan fingerprint density at radius 1 is 1.33 bits per heavy atom. The van der Waals surface area contributed by atoms with E-state index in [-0.39, 0.29) is 11.8 Å². The second kappa shape index (κ2) is 10.1. The summed E-state index contributed by atoms with van der Waals surface area (Å²) < 4.78 is 3.29. The highest BCUT2D eigenvalue weighted by Gasteiger charge is 2.26. The van der Waals surface area contributed by atoms with Gasteiger partial charge in [-0.1, -0.05) is 30.1 Å². The molecule has 3 aromatic rings. The molecule has 0 spiro atoms. The number of carbonyl (C=O) groups is 1. The molecule has 1 atom stereocenters. The van der Waals surface area contributed by atoms with Gasteiger partial charge in [-0.05, 0) is 30.2 Å². The highest BCUT2D eigenvalue weighted by atomic mass is 35.5.